The van der Waals surface area contributed by atoms with Crippen LogP contribution in [0.25, 0.3) is 0 Å². The van der Waals surface area contributed by atoms with Crippen molar-refractivity contribution in [3.8, 4) is 0 Å². The third kappa shape index (κ3) is 3.70. The summed E-state index contributed by atoms with van der Waals surface area (Å²) in [5, 5.41) is 14.8. The molecule has 1 aromatic rings. The lowest BCUT2D eigenvalue weighted by Crippen LogP contribution is -2.42. The molecule has 1 unspecified atom stereocenters. The number of carboxylic acids is 1. The molecule has 0 saturated heterocycles. The van der Waals surface area contributed by atoms with Gasteiger partial charge in [0, 0.05) is 6.42 Å². The number of aromatic amines is 1. The third-order valence-corrected chi connectivity index (χ3v) is 4.07. The molecule has 3 N–H and O–H groups in total. The number of nitrogens with zero attached hydrogens (tertiary/aromatic N) is 1. The fraction of sp³-hybridized carbons (Fsp3) is 0.556. The first-order valence-corrected chi connectivity index (χ1v) is 6.68. The number of sulfonamides is 1. The predicted molar refractivity (Wildman–Crippen MR) is 60.4 cm³/mol. The number of nitrogens with one attached hydrogen (secondary N) is 2. The summed E-state index contributed by atoms with van der Waals surface area (Å²) in [6.07, 6.45) is -4.04. The molecule has 0 aliphatic rings. The number of rotatable bonds is 6. The molecule has 0 radical (unpaired) electrons. The molecule has 0 aliphatic carbocycles. The van der Waals surface area contributed by atoms with E-state index in [-0.39, 0.29) is 16.3 Å². The summed E-state index contributed by atoms with van der Waals surface area (Å²) in [6, 6.07) is -1.89. The van der Waals surface area contributed by atoms with Crippen molar-refractivity contribution in [1.29, 1.82) is 0 Å². The number of carboxylic acid groups (broad SMARTS) is 1. The Hall–Kier alpha value is -1.55. The van der Waals surface area contributed by atoms with E-state index in [0.717, 1.165) is 0 Å². The maximum atomic E-state index is 12.2. The number of aliphatic carboxylic acids is 1. The Kier molecular flexibility index (Phi) is 4.58. The highest BCUT2D eigenvalue weighted by Crippen LogP contribution is 2.17. The van der Waals surface area contributed by atoms with Crippen molar-refractivity contribution in [2.24, 2.45) is 0 Å². The van der Waals surface area contributed by atoms with E-state index in [1.54, 1.807) is 4.72 Å². The Morgan fingerprint density at radius 2 is 2.05 bits per heavy atom. The quantitative estimate of drug-likeness (QED) is 0.704. The largest absolute Gasteiger partial charge is 0.480 e. The molecule has 1 rings (SSSR count). The highest BCUT2D eigenvalue weighted by molar-refractivity contribution is 7.89. The van der Waals surface area contributed by atoms with Crippen molar-refractivity contribution in [3.05, 3.63) is 11.4 Å². The van der Waals surface area contributed by atoms with E-state index < -0.39 is 34.9 Å². The molecule has 10 heteroatoms. The van der Waals surface area contributed by atoms with Crippen LogP contribution in [0.4, 0.5) is 8.78 Å². The fourth-order valence-corrected chi connectivity index (χ4v) is 3.13. The van der Waals surface area contributed by atoms with Gasteiger partial charge in [-0.3, -0.25) is 9.89 Å². The Morgan fingerprint density at radius 3 is 2.42 bits per heavy atom. The lowest BCUT2D eigenvalue weighted by molar-refractivity contribution is -0.140. The summed E-state index contributed by atoms with van der Waals surface area (Å²) in [5.41, 5.74) is 0.331. The number of carbonyl (C=O) groups is 1. The van der Waals surface area contributed by atoms with Gasteiger partial charge in [-0.05, 0) is 13.8 Å². The SMILES string of the molecule is Cc1n[nH]c(C)c1S(=O)(=O)NC(CC(F)F)C(=O)O. The van der Waals surface area contributed by atoms with Gasteiger partial charge in [-0.1, -0.05) is 0 Å². The van der Waals surface area contributed by atoms with E-state index in [0.29, 0.717) is 0 Å². The summed E-state index contributed by atoms with van der Waals surface area (Å²) in [5.74, 6) is -1.66. The molecular weight excluding hydrogens is 284 g/mol. The molecule has 1 aromatic heterocycles. The zero-order chi connectivity index (χ0) is 14.8. The zero-order valence-electron chi connectivity index (χ0n) is 10.1. The molecule has 0 spiro atoms. The second kappa shape index (κ2) is 5.61. The first-order valence-electron chi connectivity index (χ1n) is 5.20. The van der Waals surface area contributed by atoms with Gasteiger partial charge in [0.2, 0.25) is 16.4 Å². The minimum Gasteiger partial charge on any atom is -0.480 e. The zero-order valence-corrected chi connectivity index (χ0v) is 11.0. The third-order valence-electron chi connectivity index (χ3n) is 2.34. The van der Waals surface area contributed by atoms with Gasteiger partial charge >= 0.3 is 5.97 Å². The minimum absolute atomic E-state index is 0.131. The predicted octanol–water partition coefficient (Wildman–Crippen LogP) is 0.413. The molecule has 1 heterocycles. The summed E-state index contributed by atoms with van der Waals surface area (Å²) in [4.78, 5) is 10.5. The summed E-state index contributed by atoms with van der Waals surface area (Å²) in [6.45, 7) is 2.83. The van der Waals surface area contributed by atoms with Crippen LogP contribution in [-0.4, -0.2) is 42.2 Å². The van der Waals surface area contributed by atoms with Crippen molar-refractivity contribution in [2.45, 2.75) is 37.6 Å². The normalized spacial score (nSPS) is 13.7. The van der Waals surface area contributed by atoms with Gasteiger partial charge in [-0.25, -0.2) is 17.2 Å². The Labute approximate surface area is 108 Å². The molecule has 0 bridgehead atoms. The number of alkyl halides is 2. The van der Waals surface area contributed by atoms with Gasteiger partial charge in [-0.2, -0.15) is 9.82 Å². The number of hydrogen-bond donors (Lipinski definition) is 3. The fourth-order valence-electron chi connectivity index (χ4n) is 1.56. The number of halogens is 2. The maximum absolute atomic E-state index is 12.2. The standard InChI is InChI=1S/C9H13F2N3O4S/c1-4-8(5(2)13-12-4)19(17,18)14-6(9(15)16)3-7(10)11/h6-7,14H,3H2,1-2H3,(H,12,13)(H,15,16). The Morgan fingerprint density at radius 1 is 1.47 bits per heavy atom. The average molecular weight is 297 g/mol. The van der Waals surface area contributed by atoms with Crippen molar-refractivity contribution < 1.29 is 27.1 Å². The molecule has 0 aromatic carbocycles. The molecule has 1 atom stereocenters. The number of aromatic nitrogens is 2. The molecule has 7 nitrogen and oxygen atoms in total. The van der Waals surface area contributed by atoms with E-state index in [4.69, 9.17) is 5.11 Å². The van der Waals surface area contributed by atoms with Gasteiger partial charge in [0.1, 0.15) is 10.9 Å². The van der Waals surface area contributed by atoms with Crippen LogP contribution in [0.15, 0.2) is 4.90 Å². The second-order valence-corrected chi connectivity index (χ2v) is 5.55. The Bertz CT molecular complexity index is 551. The van der Waals surface area contributed by atoms with Gasteiger partial charge in [0.15, 0.2) is 0 Å². The molecule has 108 valence electrons. The maximum Gasteiger partial charge on any atom is 0.321 e. The summed E-state index contributed by atoms with van der Waals surface area (Å²) in [7, 11) is -4.23. The van der Waals surface area contributed by atoms with Crippen LogP contribution in [0.2, 0.25) is 0 Å². The summed E-state index contributed by atoms with van der Waals surface area (Å²) >= 11 is 0. The van der Waals surface area contributed by atoms with E-state index in [1.165, 1.54) is 13.8 Å². The van der Waals surface area contributed by atoms with Crippen LogP contribution in [0.3, 0.4) is 0 Å². The molecule has 0 aliphatic heterocycles. The highest BCUT2D eigenvalue weighted by Gasteiger charge is 2.30. The van der Waals surface area contributed by atoms with Gasteiger partial charge < -0.3 is 5.11 Å². The second-order valence-electron chi connectivity index (χ2n) is 3.90. The van der Waals surface area contributed by atoms with Crippen LogP contribution in [0, 0.1) is 13.8 Å². The topological polar surface area (TPSA) is 112 Å². The molecule has 19 heavy (non-hydrogen) atoms. The summed E-state index contributed by atoms with van der Waals surface area (Å²) < 4.78 is 50.1. The van der Waals surface area contributed by atoms with Crippen LogP contribution in [0.5, 0.6) is 0 Å². The van der Waals surface area contributed by atoms with Gasteiger partial charge in [-0.15, -0.1) is 0 Å². The molecule has 0 amide bonds. The van der Waals surface area contributed by atoms with Crippen LogP contribution >= 0.6 is 0 Å². The lowest BCUT2D eigenvalue weighted by atomic mass is 10.2. The first-order chi connectivity index (χ1) is 8.65. The van der Waals surface area contributed by atoms with Crippen LogP contribution < -0.4 is 4.72 Å². The van der Waals surface area contributed by atoms with Crippen LogP contribution in [-0.2, 0) is 14.8 Å². The van der Waals surface area contributed by atoms with E-state index in [9.17, 15) is 22.0 Å². The molecular formula is C9H13F2N3O4S. The van der Waals surface area contributed by atoms with E-state index in [1.807, 2.05) is 0 Å². The lowest BCUT2D eigenvalue weighted by Gasteiger charge is -2.14. The van der Waals surface area contributed by atoms with Crippen molar-refractivity contribution >= 4 is 16.0 Å². The minimum atomic E-state index is -4.23. The number of aryl methyl sites for hydroxylation is 2. The Balaban J connectivity index is 3.05. The highest BCUT2D eigenvalue weighted by atomic mass is 32.2. The number of hydrogen-bond acceptors (Lipinski definition) is 4. The molecule has 0 fully saturated rings. The van der Waals surface area contributed by atoms with Crippen molar-refractivity contribution in [3.63, 3.8) is 0 Å². The van der Waals surface area contributed by atoms with Gasteiger partial charge in [0.25, 0.3) is 0 Å². The monoisotopic (exact) mass is 297 g/mol. The van der Waals surface area contributed by atoms with Crippen molar-refractivity contribution in [1.82, 2.24) is 14.9 Å². The van der Waals surface area contributed by atoms with Crippen molar-refractivity contribution in [2.75, 3.05) is 0 Å². The van der Waals surface area contributed by atoms with E-state index in [2.05, 4.69) is 10.2 Å². The van der Waals surface area contributed by atoms with Gasteiger partial charge in [0.05, 0.1) is 11.4 Å². The average Bonchev–Trinajstić information content (AvgIpc) is 2.56. The number of H-pyrrole nitrogens is 1. The first kappa shape index (κ1) is 15.5. The van der Waals surface area contributed by atoms with Crippen LogP contribution in [0.1, 0.15) is 17.8 Å². The molecule has 0 saturated carbocycles. The van der Waals surface area contributed by atoms with E-state index >= 15 is 0 Å². The smallest absolute Gasteiger partial charge is 0.321 e.